The van der Waals surface area contributed by atoms with Crippen LogP contribution >= 0.6 is 0 Å². The third-order valence-electron chi connectivity index (χ3n) is 4.09. The number of pyridine rings is 1. The van der Waals surface area contributed by atoms with Gasteiger partial charge in [0, 0.05) is 12.2 Å². The second kappa shape index (κ2) is 4.93. The van der Waals surface area contributed by atoms with E-state index < -0.39 is 0 Å². The largest absolute Gasteiger partial charge is 0.374 e. The van der Waals surface area contributed by atoms with E-state index in [2.05, 4.69) is 53.8 Å². The van der Waals surface area contributed by atoms with Gasteiger partial charge in [-0.25, -0.2) is 0 Å². The predicted octanol–water partition coefficient (Wildman–Crippen LogP) is 3.58. The van der Waals surface area contributed by atoms with Crippen molar-refractivity contribution in [3.8, 4) is 0 Å². The summed E-state index contributed by atoms with van der Waals surface area (Å²) in [5.41, 5.74) is 6.02. The normalized spacial score (nSPS) is 17.6. The molecule has 0 amide bonds. The fourth-order valence-corrected chi connectivity index (χ4v) is 3.10. The molecule has 0 fully saturated rings. The highest BCUT2D eigenvalue weighted by Crippen LogP contribution is 2.34. The maximum atomic E-state index is 4.64. The van der Waals surface area contributed by atoms with Crippen LogP contribution in [0.15, 0.2) is 18.3 Å². The van der Waals surface area contributed by atoms with Crippen LogP contribution in [0.1, 0.15) is 55.0 Å². The lowest BCUT2D eigenvalue weighted by atomic mass is 10.2. The Kier molecular flexibility index (Phi) is 3.24. The first-order valence-electron chi connectivity index (χ1n) is 7.34. The second-order valence-electron chi connectivity index (χ2n) is 5.87. The van der Waals surface area contributed by atoms with Gasteiger partial charge in [-0.1, -0.05) is 6.07 Å². The molecule has 4 nitrogen and oxygen atoms in total. The molecule has 1 atom stereocenters. The molecule has 0 bridgehead atoms. The lowest BCUT2D eigenvalue weighted by molar-refractivity contribution is 0.516. The average Bonchev–Trinajstić information content (AvgIpc) is 2.95. The molecule has 1 aliphatic rings. The van der Waals surface area contributed by atoms with Crippen LogP contribution < -0.4 is 5.32 Å². The third kappa shape index (κ3) is 2.09. The van der Waals surface area contributed by atoms with Crippen molar-refractivity contribution in [2.24, 2.45) is 0 Å². The lowest BCUT2D eigenvalue weighted by Crippen LogP contribution is -2.10. The van der Waals surface area contributed by atoms with Gasteiger partial charge in [0.25, 0.3) is 0 Å². The molecule has 0 saturated carbocycles. The van der Waals surface area contributed by atoms with Crippen molar-refractivity contribution < 1.29 is 0 Å². The van der Waals surface area contributed by atoms with E-state index in [0.29, 0.717) is 12.1 Å². The molecule has 20 heavy (non-hydrogen) atoms. The Morgan fingerprint density at radius 3 is 2.85 bits per heavy atom. The molecule has 0 aliphatic heterocycles. The Balaban J connectivity index is 1.90. The van der Waals surface area contributed by atoms with Crippen molar-refractivity contribution in [2.45, 2.75) is 52.6 Å². The van der Waals surface area contributed by atoms with Crippen LogP contribution in [-0.4, -0.2) is 14.8 Å². The summed E-state index contributed by atoms with van der Waals surface area (Å²) in [6.07, 6.45) is 4.10. The van der Waals surface area contributed by atoms with E-state index in [0.717, 1.165) is 18.5 Å². The molecule has 1 N–H and O–H groups in total. The van der Waals surface area contributed by atoms with Gasteiger partial charge in [-0.05, 0) is 52.2 Å². The van der Waals surface area contributed by atoms with Gasteiger partial charge >= 0.3 is 0 Å². The molecule has 2 aromatic rings. The number of aromatic nitrogens is 3. The molecule has 0 saturated heterocycles. The van der Waals surface area contributed by atoms with Gasteiger partial charge in [0.05, 0.1) is 28.8 Å². The Morgan fingerprint density at radius 1 is 1.35 bits per heavy atom. The number of anilines is 1. The van der Waals surface area contributed by atoms with Crippen LogP contribution in [-0.2, 0) is 6.42 Å². The predicted molar refractivity (Wildman–Crippen MR) is 81.0 cm³/mol. The van der Waals surface area contributed by atoms with Crippen LogP contribution in [0.2, 0.25) is 0 Å². The Morgan fingerprint density at radius 2 is 2.15 bits per heavy atom. The Labute approximate surface area is 120 Å². The smallest absolute Gasteiger partial charge is 0.0828 e. The molecular formula is C16H22N4. The van der Waals surface area contributed by atoms with E-state index in [1.807, 2.05) is 12.3 Å². The first-order chi connectivity index (χ1) is 9.58. The minimum atomic E-state index is 0.313. The number of aryl methyl sites for hydroxylation is 2. The summed E-state index contributed by atoms with van der Waals surface area (Å²) in [7, 11) is 0. The van der Waals surface area contributed by atoms with Crippen LogP contribution in [0.4, 0.5) is 5.69 Å². The van der Waals surface area contributed by atoms with Gasteiger partial charge in [-0.15, -0.1) is 0 Å². The van der Waals surface area contributed by atoms with Crippen molar-refractivity contribution in [1.82, 2.24) is 14.8 Å². The van der Waals surface area contributed by atoms with Crippen LogP contribution in [0.5, 0.6) is 0 Å². The standard InChI is InChI=1S/C16H22N4/c1-10(2)20-12(4)15(11(3)19-20)18-14-8-7-13-6-5-9-17-16(13)14/h5-6,9-10,14,18H,7-8H2,1-4H3. The summed E-state index contributed by atoms with van der Waals surface area (Å²) in [6.45, 7) is 8.53. The first-order valence-corrected chi connectivity index (χ1v) is 7.34. The molecule has 4 heteroatoms. The topological polar surface area (TPSA) is 42.7 Å². The maximum Gasteiger partial charge on any atom is 0.0828 e. The number of hydrogen-bond acceptors (Lipinski definition) is 3. The fourth-order valence-electron chi connectivity index (χ4n) is 3.10. The first kappa shape index (κ1) is 13.2. The number of fused-ring (bicyclic) bond motifs is 1. The monoisotopic (exact) mass is 270 g/mol. The molecule has 0 aromatic carbocycles. The van der Waals surface area contributed by atoms with Gasteiger partial charge in [-0.3, -0.25) is 9.67 Å². The highest BCUT2D eigenvalue weighted by Gasteiger charge is 2.25. The van der Waals surface area contributed by atoms with Crippen molar-refractivity contribution in [1.29, 1.82) is 0 Å². The molecule has 2 heterocycles. The highest BCUT2D eigenvalue weighted by atomic mass is 15.3. The van der Waals surface area contributed by atoms with Crippen LogP contribution in [0, 0.1) is 13.8 Å². The average molecular weight is 270 g/mol. The number of rotatable bonds is 3. The van der Waals surface area contributed by atoms with Gasteiger partial charge < -0.3 is 5.32 Å². The summed E-state index contributed by atoms with van der Waals surface area (Å²) in [6, 6.07) is 4.90. The molecule has 0 radical (unpaired) electrons. The van der Waals surface area contributed by atoms with E-state index in [1.54, 1.807) is 0 Å². The fraction of sp³-hybridized carbons (Fsp3) is 0.500. The minimum absolute atomic E-state index is 0.313. The summed E-state index contributed by atoms with van der Waals surface area (Å²) >= 11 is 0. The van der Waals surface area contributed by atoms with E-state index >= 15 is 0 Å². The lowest BCUT2D eigenvalue weighted by Gasteiger charge is -2.15. The van der Waals surface area contributed by atoms with Gasteiger partial charge in [-0.2, -0.15) is 5.10 Å². The van der Waals surface area contributed by atoms with Crippen molar-refractivity contribution >= 4 is 5.69 Å². The molecule has 106 valence electrons. The SMILES string of the molecule is Cc1nn(C(C)C)c(C)c1NC1CCc2cccnc21. The molecule has 1 unspecified atom stereocenters. The second-order valence-corrected chi connectivity index (χ2v) is 5.87. The van der Waals surface area contributed by atoms with Gasteiger partial charge in [0.15, 0.2) is 0 Å². The van der Waals surface area contributed by atoms with E-state index in [4.69, 9.17) is 0 Å². The molecule has 3 rings (SSSR count). The quantitative estimate of drug-likeness (QED) is 0.927. The zero-order valence-electron chi connectivity index (χ0n) is 12.6. The van der Waals surface area contributed by atoms with E-state index in [1.165, 1.54) is 22.6 Å². The summed E-state index contributed by atoms with van der Waals surface area (Å²) in [4.78, 5) is 4.55. The van der Waals surface area contributed by atoms with Crippen molar-refractivity contribution in [2.75, 3.05) is 5.32 Å². The number of nitrogens with one attached hydrogen (secondary N) is 1. The molecule has 0 spiro atoms. The highest BCUT2D eigenvalue weighted by molar-refractivity contribution is 5.54. The van der Waals surface area contributed by atoms with E-state index in [-0.39, 0.29) is 0 Å². The molecular weight excluding hydrogens is 248 g/mol. The van der Waals surface area contributed by atoms with Gasteiger partial charge in [0.1, 0.15) is 0 Å². The summed E-state index contributed by atoms with van der Waals surface area (Å²) < 4.78 is 2.09. The van der Waals surface area contributed by atoms with E-state index in [9.17, 15) is 0 Å². The van der Waals surface area contributed by atoms with Crippen LogP contribution in [0.3, 0.4) is 0 Å². The maximum absolute atomic E-state index is 4.64. The zero-order chi connectivity index (χ0) is 14.3. The van der Waals surface area contributed by atoms with Crippen LogP contribution in [0.25, 0.3) is 0 Å². The minimum Gasteiger partial charge on any atom is -0.374 e. The molecule has 1 aliphatic carbocycles. The number of nitrogens with zero attached hydrogens (tertiary/aromatic N) is 3. The van der Waals surface area contributed by atoms with Crippen molar-refractivity contribution in [3.63, 3.8) is 0 Å². The summed E-state index contributed by atoms with van der Waals surface area (Å²) in [5.74, 6) is 0. The third-order valence-corrected chi connectivity index (χ3v) is 4.09. The Bertz CT molecular complexity index is 627. The molecule has 2 aromatic heterocycles. The van der Waals surface area contributed by atoms with Crippen molar-refractivity contribution in [3.05, 3.63) is 41.0 Å². The summed E-state index contributed by atoms with van der Waals surface area (Å²) in [5, 5.41) is 8.30. The zero-order valence-corrected chi connectivity index (χ0v) is 12.6. The Hall–Kier alpha value is -1.84. The van der Waals surface area contributed by atoms with Gasteiger partial charge in [0.2, 0.25) is 0 Å². The number of hydrogen-bond donors (Lipinski definition) is 1.